The summed E-state index contributed by atoms with van der Waals surface area (Å²) in [4.78, 5) is 8.05. The lowest BCUT2D eigenvalue weighted by atomic mass is 10.1. The predicted octanol–water partition coefficient (Wildman–Crippen LogP) is 1.91. The quantitative estimate of drug-likeness (QED) is 0.837. The van der Waals surface area contributed by atoms with Gasteiger partial charge in [-0.1, -0.05) is 4.49 Å². The molecule has 2 aromatic rings. The first-order valence-corrected chi connectivity index (χ1v) is 8.47. The Kier molecular flexibility index (Phi) is 4.80. The molecule has 120 valence electrons. The van der Waals surface area contributed by atoms with Crippen molar-refractivity contribution in [1.82, 2.24) is 29.3 Å². The highest BCUT2D eigenvalue weighted by atomic mass is 32.1. The minimum absolute atomic E-state index is 0.385. The number of rotatable bonds is 5. The first-order chi connectivity index (χ1) is 10.7. The summed E-state index contributed by atoms with van der Waals surface area (Å²) in [6.45, 7) is 7.24. The normalized spacial score (nSPS) is 17.2. The molecular weight excluding hydrogens is 300 g/mol. The van der Waals surface area contributed by atoms with E-state index in [1.54, 1.807) is 0 Å². The summed E-state index contributed by atoms with van der Waals surface area (Å²) in [6, 6.07) is 0.385. The Morgan fingerprint density at radius 1 is 1.32 bits per heavy atom. The van der Waals surface area contributed by atoms with Crippen LogP contribution in [0.2, 0.25) is 0 Å². The van der Waals surface area contributed by atoms with Gasteiger partial charge in [0.15, 0.2) is 11.6 Å². The predicted molar refractivity (Wildman–Crippen MR) is 84.8 cm³/mol. The standard InChI is InChI=1S/C14H22N6OS/c1-4-21-9-12-15-14(13-10(2)16-18-22-13)20(17-12)11-5-7-19(3)8-6-11/h11H,4-9H2,1-3H3. The second-order valence-corrected chi connectivity index (χ2v) is 6.41. The molecule has 8 heteroatoms. The van der Waals surface area contributed by atoms with Gasteiger partial charge in [0, 0.05) is 6.61 Å². The summed E-state index contributed by atoms with van der Waals surface area (Å²) in [5.41, 5.74) is 0.912. The SMILES string of the molecule is CCOCc1nc(-c2snnc2C)n(C2CCN(C)CC2)n1. The monoisotopic (exact) mass is 322 g/mol. The maximum absolute atomic E-state index is 5.47. The lowest BCUT2D eigenvalue weighted by molar-refractivity contribution is 0.127. The summed E-state index contributed by atoms with van der Waals surface area (Å²) in [6.07, 6.45) is 2.18. The number of hydrogen-bond acceptors (Lipinski definition) is 7. The molecule has 2 aromatic heterocycles. The van der Waals surface area contributed by atoms with Crippen LogP contribution in [0.15, 0.2) is 0 Å². The van der Waals surface area contributed by atoms with Crippen molar-refractivity contribution in [3.05, 3.63) is 11.5 Å². The van der Waals surface area contributed by atoms with Crippen LogP contribution in [0.4, 0.5) is 0 Å². The van der Waals surface area contributed by atoms with Crippen LogP contribution in [0.5, 0.6) is 0 Å². The second-order valence-electron chi connectivity index (χ2n) is 5.66. The molecule has 0 aliphatic carbocycles. The van der Waals surface area contributed by atoms with E-state index >= 15 is 0 Å². The molecule has 0 spiro atoms. The fourth-order valence-corrected chi connectivity index (χ4v) is 3.35. The Morgan fingerprint density at radius 2 is 2.09 bits per heavy atom. The Labute approximate surface area is 134 Å². The van der Waals surface area contributed by atoms with Crippen molar-refractivity contribution < 1.29 is 4.74 Å². The van der Waals surface area contributed by atoms with E-state index in [1.807, 2.05) is 13.8 Å². The molecule has 1 aliphatic heterocycles. The van der Waals surface area contributed by atoms with Crippen molar-refractivity contribution in [2.45, 2.75) is 39.3 Å². The lowest BCUT2D eigenvalue weighted by Gasteiger charge is -2.29. The highest BCUT2D eigenvalue weighted by Gasteiger charge is 2.25. The lowest BCUT2D eigenvalue weighted by Crippen LogP contribution is -2.32. The molecule has 22 heavy (non-hydrogen) atoms. The summed E-state index contributed by atoms with van der Waals surface area (Å²) in [7, 11) is 2.16. The molecule has 0 radical (unpaired) electrons. The highest BCUT2D eigenvalue weighted by Crippen LogP contribution is 2.30. The zero-order valence-electron chi connectivity index (χ0n) is 13.3. The van der Waals surface area contributed by atoms with Crippen LogP contribution in [-0.2, 0) is 11.3 Å². The maximum Gasteiger partial charge on any atom is 0.176 e. The van der Waals surface area contributed by atoms with Gasteiger partial charge in [0.1, 0.15) is 11.5 Å². The number of likely N-dealkylation sites (tertiary alicyclic amines) is 1. The first-order valence-electron chi connectivity index (χ1n) is 7.70. The summed E-state index contributed by atoms with van der Waals surface area (Å²) >= 11 is 1.38. The molecule has 3 heterocycles. The van der Waals surface area contributed by atoms with E-state index in [4.69, 9.17) is 9.84 Å². The average molecular weight is 322 g/mol. The van der Waals surface area contributed by atoms with Gasteiger partial charge in [0.25, 0.3) is 0 Å². The molecule has 0 amide bonds. The second kappa shape index (κ2) is 6.80. The molecule has 0 bridgehead atoms. The number of hydrogen-bond donors (Lipinski definition) is 0. The van der Waals surface area contributed by atoms with Crippen LogP contribution in [-0.4, -0.2) is 56.0 Å². The van der Waals surface area contributed by atoms with Crippen LogP contribution < -0.4 is 0 Å². The average Bonchev–Trinajstić information content (AvgIpc) is 3.12. The van der Waals surface area contributed by atoms with Crippen molar-refractivity contribution in [2.75, 3.05) is 26.7 Å². The largest absolute Gasteiger partial charge is 0.374 e. The van der Waals surface area contributed by atoms with Crippen LogP contribution >= 0.6 is 11.5 Å². The van der Waals surface area contributed by atoms with Gasteiger partial charge in [-0.25, -0.2) is 9.67 Å². The third-order valence-corrected chi connectivity index (χ3v) is 4.82. The molecule has 0 atom stereocenters. The fraction of sp³-hybridized carbons (Fsp3) is 0.714. The molecule has 1 saturated heterocycles. The van der Waals surface area contributed by atoms with E-state index < -0.39 is 0 Å². The Morgan fingerprint density at radius 3 is 2.73 bits per heavy atom. The zero-order valence-corrected chi connectivity index (χ0v) is 14.1. The van der Waals surface area contributed by atoms with Crippen molar-refractivity contribution in [2.24, 2.45) is 0 Å². The molecule has 0 saturated carbocycles. The van der Waals surface area contributed by atoms with E-state index in [0.29, 0.717) is 19.3 Å². The zero-order chi connectivity index (χ0) is 15.5. The van der Waals surface area contributed by atoms with Crippen LogP contribution in [0.3, 0.4) is 0 Å². The van der Waals surface area contributed by atoms with Crippen LogP contribution in [0.25, 0.3) is 10.7 Å². The molecule has 0 aromatic carbocycles. The van der Waals surface area contributed by atoms with Gasteiger partial charge in [-0.15, -0.1) is 5.10 Å². The third-order valence-electron chi connectivity index (χ3n) is 4.00. The fourth-order valence-electron chi connectivity index (χ4n) is 2.71. The number of piperidine rings is 1. The molecule has 1 fully saturated rings. The summed E-state index contributed by atoms with van der Waals surface area (Å²) in [5, 5.41) is 8.82. The Bertz CT molecular complexity index is 617. The summed E-state index contributed by atoms with van der Waals surface area (Å²) < 4.78 is 11.6. The van der Waals surface area contributed by atoms with Gasteiger partial charge in [0.05, 0.1) is 11.7 Å². The van der Waals surface area contributed by atoms with E-state index in [2.05, 4.69) is 31.2 Å². The van der Waals surface area contributed by atoms with Crippen molar-refractivity contribution in [3.63, 3.8) is 0 Å². The van der Waals surface area contributed by atoms with Gasteiger partial charge in [-0.3, -0.25) is 0 Å². The van der Waals surface area contributed by atoms with Crippen molar-refractivity contribution >= 4 is 11.5 Å². The smallest absolute Gasteiger partial charge is 0.176 e. The summed E-state index contributed by atoms with van der Waals surface area (Å²) in [5.74, 6) is 1.63. The minimum atomic E-state index is 0.385. The molecule has 7 nitrogen and oxygen atoms in total. The molecule has 0 N–H and O–H groups in total. The Hall–Kier alpha value is -1.38. The Balaban J connectivity index is 1.92. The van der Waals surface area contributed by atoms with Gasteiger partial charge < -0.3 is 9.64 Å². The topological polar surface area (TPSA) is 69.0 Å². The highest BCUT2D eigenvalue weighted by molar-refractivity contribution is 7.09. The number of ether oxygens (including phenoxy) is 1. The van der Waals surface area contributed by atoms with Crippen molar-refractivity contribution in [3.8, 4) is 10.7 Å². The first kappa shape index (κ1) is 15.5. The molecular formula is C14H22N6OS. The maximum atomic E-state index is 5.47. The van der Waals surface area contributed by atoms with E-state index in [0.717, 1.165) is 48.2 Å². The van der Waals surface area contributed by atoms with E-state index in [-0.39, 0.29) is 0 Å². The molecule has 1 aliphatic rings. The van der Waals surface area contributed by atoms with E-state index in [9.17, 15) is 0 Å². The van der Waals surface area contributed by atoms with Crippen LogP contribution in [0.1, 0.15) is 37.3 Å². The molecule has 0 unspecified atom stereocenters. The van der Waals surface area contributed by atoms with Gasteiger partial charge >= 0.3 is 0 Å². The number of aryl methyl sites for hydroxylation is 1. The van der Waals surface area contributed by atoms with Crippen LogP contribution in [0, 0.1) is 6.92 Å². The van der Waals surface area contributed by atoms with Gasteiger partial charge in [0.2, 0.25) is 0 Å². The van der Waals surface area contributed by atoms with Gasteiger partial charge in [-0.05, 0) is 58.4 Å². The molecule has 3 rings (SSSR count). The number of nitrogens with zero attached hydrogens (tertiary/aromatic N) is 6. The third kappa shape index (κ3) is 3.18. The minimum Gasteiger partial charge on any atom is -0.374 e. The van der Waals surface area contributed by atoms with E-state index in [1.165, 1.54) is 11.5 Å². The van der Waals surface area contributed by atoms with Gasteiger partial charge in [-0.2, -0.15) is 5.10 Å². The van der Waals surface area contributed by atoms with Crippen molar-refractivity contribution in [1.29, 1.82) is 0 Å². The number of aromatic nitrogens is 5.